The molecular formula is C18H33N3O8. The molecule has 0 aliphatic heterocycles. The Bertz CT molecular complexity index is 576. The maximum absolute atomic E-state index is 12.5. The van der Waals surface area contributed by atoms with Gasteiger partial charge < -0.3 is 35.6 Å². The number of aliphatic hydroxyl groups excluding tert-OH is 2. The molecule has 0 bridgehead atoms. The van der Waals surface area contributed by atoms with Gasteiger partial charge in [0.15, 0.2) is 6.04 Å². The number of aliphatic hydroxyl groups is 2. The highest BCUT2D eigenvalue weighted by atomic mass is 16.6. The van der Waals surface area contributed by atoms with E-state index in [1.165, 1.54) is 0 Å². The first kappa shape index (κ1) is 26.6. The minimum Gasteiger partial charge on any atom is -0.467 e. The van der Waals surface area contributed by atoms with Crippen molar-refractivity contribution in [2.24, 2.45) is 0 Å². The van der Waals surface area contributed by atoms with Crippen LogP contribution in [0.4, 0.5) is 4.79 Å². The minimum atomic E-state index is -1.41. The van der Waals surface area contributed by atoms with Crippen molar-refractivity contribution in [2.45, 2.75) is 77.4 Å². The van der Waals surface area contributed by atoms with Crippen LogP contribution in [-0.4, -0.2) is 77.6 Å². The summed E-state index contributed by atoms with van der Waals surface area (Å²) in [6, 6.07) is -2.77. The van der Waals surface area contributed by atoms with Gasteiger partial charge in [0.1, 0.15) is 18.2 Å². The van der Waals surface area contributed by atoms with Crippen LogP contribution in [0.3, 0.4) is 0 Å². The van der Waals surface area contributed by atoms with Crippen LogP contribution in [0.25, 0.3) is 0 Å². The molecule has 3 amide bonds. The van der Waals surface area contributed by atoms with Crippen molar-refractivity contribution in [3.05, 3.63) is 0 Å². The largest absolute Gasteiger partial charge is 0.467 e. The van der Waals surface area contributed by atoms with Gasteiger partial charge in [-0.25, -0.2) is 9.59 Å². The summed E-state index contributed by atoms with van der Waals surface area (Å²) in [5, 5.41) is 26.9. The van der Waals surface area contributed by atoms with Gasteiger partial charge in [0.05, 0.1) is 19.3 Å². The molecule has 4 atom stereocenters. The van der Waals surface area contributed by atoms with Gasteiger partial charge in [-0.15, -0.1) is 0 Å². The molecule has 0 radical (unpaired) electrons. The van der Waals surface area contributed by atoms with Crippen LogP contribution in [0.5, 0.6) is 0 Å². The van der Waals surface area contributed by atoms with Gasteiger partial charge in [0.2, 0.25) is 11.8 Å². The van der Waals surface area contributed by atoms with E-state index < -0.39 is 60.3 Å². The number of carbonyl (C=O) groups is 4. The van der Waals surface area contributed by atoms with E-state index in [1.807, 2.05) is 0 Å². The number of alkyl carbamates (subject to hydrolysis) is 1. The average Bonchev–Trinajstić information content (AvgIpc) is 2.65. The van der Waals surface area contributed by atoms with Crippen molar-refractivity contribution < 1.29 is 38.9 Å². The summed E-state index contributed by atoms with van der Waals surface area (Å²) in [4.78, 5) is 48.1. The number of nitrogens with one attached hydrogen (secondary N) is 3. The summed E-state index contributed by atoms with van der Waals surface area (Å²) in [6.07, 6.45) is -3.01. The molecule has 29 heavy (non-hydrogen) atoms. The second kappa shape index (κ2) is 12.2. The van der Waals surface area contributed by atoms with E-state index in [-0.39, 0.29) is 12.8 Å². The predicted octanol–water partition coefficient (Wildman–Crippen LogP) is -0.804. The lowest BCUT2D eigenvalue weighted by Gasteiger charge is -2.27. The zero-order valence-electron chi connectivity index (χ0n) is 17.8. The normalized spacial score (nSPS) is 15.3. The summed E-state index contributed by atoms with van der Waals surface area (Å²) in [5.74, 6) is -2.50. The molecular weight excluding hydrogens is 386 g/mol. The third kappa shape index (κ3) is 10.1. The van der Waals surface area contributed by atoms with E-state index >= 15 is 0 Å². The molecule has 168 valence electrons. The number of rotatable bonds is 10. The number of carbonyl (C=O) groups excluding carboxylic acids is 4. The number of hydrogen-bond acceptors (Lipinski definition) is 8. The fraction of sp³-hybridized carbons (Fsp3) is 0.778. The molecule has 0 aromatic carbocycles. The van der Waals surface area contributed by atoms with Crippen molar-refractivity contribution in [2.75, 3.05) is 13.7 Å². The van der Waals surface area contributed by atoms with Gasteiger partial charge in [-0.3, -0.25) is 9.59 Å². The zero-order chi connectivity index (χ0) is 22.8. The number of hydrogen-bond donors (Lipinski definition) is 5. The Kier molecular flexibility index (Phi) is 11.2. The van der Waals surface area contributed by atoms with Crippen LogP contribution in [0, 0.1) is 0 Å². The van der Waals surface area contributed by atoms with E-state index in [9.17, 15) is 29.4 Å². The van der Waals surface area contributed by atoms with Crippen molar-refractivity contribution >= 4 is 23.9 Å². The Morgan fingerprint density at radius 1 is 0.931 bits per heavy atom. The molecule has 0 heterocycles. The standard InChI is InChI=1S/C18H33N3O8/c1-7-10(22)13(15(25)21-14(11(23)8-2)16(26)28-6)20-12(24)9-19-17(27)29-18(3,4)5/h10-11,13-14,22-23H,7-9H2,1-6H3,(H,19,27)(H,20,24)(H,21,25). The second-order valence-corrected chi connectivity index (χ2v) is 7.36. The average molecular weight is 419 g/mol. The van der Waals surface area contributed by atoms with E-state index in [2.05, 4.69) is 20.7 Å². The summed E-state index contributed by atoms with van der Waals surface area (Å²) in [7, 11) is 1.10. The molecule has 0 fully saturated rings. The van der Waals surface area contributed by atoms with Gasteiger partial charge in [-0.2, -0.15) is 0 Å². The fourth-order valence-electron chi connectivity index (χ4n) is 2.18. The van der Waals surface area contributed by atoms with Gasteiger partial charge in [-0.1, -0.05) is 13.8 Å². The van der Waals surface area contributed by atoms with Crippen molar-refractivity contribution in [1.29, 1.82) is 0 Å². The number of ether oxygens (including phenoxy) is 2. The van der Waals surface area contributed by atoms with Crippen LogP contribution in [0.2, 0.25) is 0 Å². The molecule has 0 aromatic rings. The van der Waals surface area contributed by atoms with Gasteiger partial charge >= 0.3 is 12.1 Å². The van der Waals surface area contributed by atoms with Crippen molar-refractivity contribution in [3.63, 3.8) is 0 Å². The van der Waals surface area contributed by atoms with Gasteiger partial charge in [-0.05, 0) is 33.6 Å². The molecule has 0 aromatic heterocycles. The monoisotopic (exact) mass is 419 g/mol. The smallest absolute Gasteiger partial charge is 0.408 e. The lowest BCUT2D eigenvalue weighted by atomic mass is 10.0. The molecule has 0 aliphatic carbocycles. The van der Waals surface area contributed by atoms with Crippen LogP contribution in [-0.2, 0) is 23.9 Å². The number of amides is 3. The summed E-state index contributed by atoms with van der Waals surface area (Å²) in [5.41, 5.74) is -0.746. The summed E-state index contributed by atoms with van der Waals surface area (Å²) < 4.78 is 9.56. The second-order valence-electron chi connectivity index (χ2n) is 7.36. The first-order chi connectivity index (χ1) is 13.4. The fourth-order valence-corrected chi connectivity index (χ4v) is 2.18. The molecule has 0 saturated carbocycles. The quantitative estimate of drug-likeness (QED) is 0.287. The maximum Gasteiger partial charge on any atom is 0.408 e. The first-order valence-corrected chi connectivity index (χ1v) is 9.36. The summed E-state index contributed by atoms with van der Waals surface area (Å²) >= 11 is 0. The van der Waals surface area contributed by atoms with Crippen molar-refractivity contribution in [1.82, 2.24) is 16.0 Å². The summed E-state index contributed by atoms with van der Waals surface area (Å²) in [6.45, 7) is 7.68. The van der Waals surface area contributed by atoms with Crippen LogP contribution in [0.15, 0.2) is 0 Å². The Morgan fingerprint density at radius 2 is 1.45 bits per heavy atom. The SMILES string of the molecule is CCC(O)C(NC(=O)CNC(=O)OC(C)(C)C)C(=O)NC(C(=O)OC)C(O)CC. The topological polar surface area (TPSA) is 163 Å². The van der Waals surface area contributed by atoms with E-state index in [0.29, 0.717) is 0 Å². The van der Waals surface area contributed by atoms with Gasteiger partial charge in [0.25, 0.3) is 0 Å². The zero-order valence-corrected chi connectivity index (χ0v) is 17.8. The van der Waals surface area contributed by atoms with E-state index in [4.69, 9.17) is 4.74 Å². The molecule has 0 rings (SSSR count). The molecule has 11 heteroatoms. The van der Waals surface area contributed by atoms with Crippen LogP contribution >= 0.6 is 0 Å². The highest BCUT2D eigenvalue weighted by molar-refractivity contribution is 5.92. The van der Waals surface area contributed by atoms with E-state index in [0.717, 1.165) is 7.11 Å². The highest BCUT2D eigenvalue weighted by Gasteiger charge is 2.34. The lowest BCUT2D eigenvalue weighted by Crippen LogP contribution is -2.59. The predicted molar refractivity (Wildman–Crippen MR) is 103 cm³/mol. The molecule has 0 spiro atoms. The maximum atomic E-state index is 12.5. The Morgan fingerprint density at radius 3 is 1.90 bits per heavy atom. The number of methoxy groups -OCH3 is 1. The lowest BCUT2D eigenvalue weighted by molar-refractivity contribution is -0.149. The Hall–Kier alpha value is -2.40. The molecule has 4 unspecified atom stereocenters. The van der Waals surface area contributed by atoms with E-state index in [1.54, 1.807) is 34.6 Å². The first-order valence-electron chi connectivity index (χ1n) is 9.36. The Labute approximate surface area is 170 Å². The number of esters is 1. The van der Waals surface area contributed by atoms with Crippen molar-refractivity contribution in [3.8, 4) is 0 Å². The van der Waals surface area contributed by atoms with Gasteiger partial charge in [0, 0.05) is 0 Å². The minimum absolute atomic E-state index is 0.122. The molecule has 0 aliphatic rings. The highest BCUT2D eigenvalue weighted by Crippen LogP contribution is 2.07. The third-order valence-electron chi connectivity index (χ3n) is 3.75. The third-order valence-corrected chi connectivity index (χ3v) is 3.75. The molecule has 0 saturated heterocycles. The molecule has 11 nitrogen and oxygen atoms in total. The Balaban J connectivity index is 5.07. The van der Waals surface area contributed by atoms with Crippen LogP contribution in [0.1, 0.15) is 47.5 Å². The van der Waals surface area contributed by atoms with Crippen LogP contribution < -0.4 is 16.0 Å². The molecule has 5 N–H and O–H groups in total.